The lowest BCUT2D eigenvalue weighted by Crippen LogP contribution is -2.13. The molecule has 0 aromatic heterocycles. The van der Waals surface area contributed by atoms with Gasteiger partial charge in [0.2, 0.25) is 0 Å². The molecule has 0 heterocycles. The molecule has 0 spiro atoms. The number of hydrogen-bond donors (Lipinski definition) is 1. The summed E-state index contributed by atoms with van der Waals surface area (Å²) in [6.07, 6.45) is -0.811. The van der Waals surface area contributed by atoms with Crippen LogP contribution in [0.2, 0.25) is 0 Å². The molecular formula is C10H11F3O. The predicted octanol–water partition coefficient (Wildman–Crippen LogP) is 2.59. The van der Waals surface area contributed by atoms with Crippen LogP contribution in [0.4, 0.5) is 13.2 Å². The molecule has 1 aromatic carbocycles. The molecule has 1 nitrogen and oxygen atoms in total. The topological polar surface area (TPSA) is 20.2 Å². The molecule has 0 aliphatic rings. The normalized spacial score (nSPS) is 15.3. The van der Waals surface area contributed by atoms with Crippen LogP contribution in [0.25, 0.3) is 0 Å². The van der Waals surface area contributed by atoms with Gasteiger partial charge < -0.3 is 5.11 Å². The molecule has 0 saturated heterocycles. The first-order valence-electron chi connectivity index (χ1n) is 4.26. The lowest BCUT2D eigenvalue weighted by Gasteiger charge is -2.15. The molecule has 4 heteroatoms. The Bertz CT molecular complexity index is 336. The second-order valence-corrected chi connectivity index (χ2v) is 3.29. The minimum Gasteiger partial charge on any atom is -0.393 e. The van der Waals surface area contributed by atoms with E-state index in [1.54, 1.807) is 6.92 Å². The molecule has 0 amide bonds. The first-order valence-corrected chi connectivity index (χ1v) is 4.26. The van der Waals surface area contributed by atoms with Gasteiger partial charge in [-0.3, -0.25) is 0 Å². The van der Waals surface area contributed by atoms with Gasteiger partial charge in [0.15, 0.2) is 17.5 Å². The van der Waals surface area contributed by atoms with Gasteiger partial charge >= 0.3 is 0 Å². The number of halogens is 3. The van der Waals surface area contributed by atoms with Crippen LogP contribution in [0.1, 0.15) is 25.3 Å². The van der Waals surface area contributed by atoms with Crippen LogP contribution in [0.3, 0.4) is 0 Å². The van der Waals surface area contributed by atoms with E-state index in [2.05, 4.69) is 0 Å². The third kappa shape index (κ3) is 1.90. The number of hydrogen-bond acceptors (Lipinski definition) is 1. The van der Waals surface area contributed by atoms with Gasteiger partial charge in [-0.05, 0) is 18.6 Å². The molecule has 0 aliphatic carbocycles. The van der Waals surface area contributed by atoms with E-state index in [1.165, 1.54) is 6.92 Å². The maximum atomic E-state index is 13.1. The summed E-state index contributed by atoms with van der Waals surface area (Å²) in [7, 11) is 0. The van der Waals surface area contributed by atoms with Crippen molar-refractivity contribution < 1.29 is 18.3 Å². The van der Waals surface area contributed by atoms with Crippen molar-refractivity contribution in [2.24, 2.45) is 0 Å². The zero-order valence-corrected chi connectivity index (χ0v) is 7.89. The fourth-order valence-electron chi connectivity index (χ4n) is 1.15. The summed E-state index contributed by atoms with van der Waals surface area (Å²) in [6.45, 7) is 3.01. The maximum Gasteiger partial charge on any atom is 0.194 e. The Morgan fingerprint density at radius 1 is 1.07 bits per heavy atom. The van der Waals surface area contributed by atoms with Crippen LogP contribution in [0.15, 0.2) is 12.1 Å². The van der Waals surface area contributed by atoms with Crippen molar-refractivity contribution in [1.82, 2.24) is 0 Å². The van der Waals surface area contributed by atoms with E-state index in [9.17, 15) is 18.3 Å². The smallest absolute Gasteiger partial charge is 0.194 e. The van der Waals surface area contributed by atoms with E-state index in [-0.39, 0.29) is 5.56 Å². The van der Waals surface area contributed by atoms with Crippen molar-refractivity contribution in [2.75, 3.05) is 0 Å². The van der Waals surface area contributed by atoms with Crippen molar-refractivity contribution in [1.29, 1.82) is 0 Å². The Morgan fingerprint density at radius 2 is 1.64 bits per heavy atom. The van der Waals surface area contributed by atoms with E-state index in [0.29, 0.717) is 0 Å². The molecule has 0 aliphatic heterocycles. The highest BCUT2D eigenvalue weighted by Gasteiger charge is 2.20. The zero-order chi connectivity index (χ0) is 10.9. The molecule has 78 valence electrons. The highest BCUT2D eigenvalue weighted by molar-refractivity contribution is 5.24. The predicted molar refractivity (Wildman–Crippen MR) is 46.4 cm³/mol. The second-order valence-electron chi connectivity index (χ2n) is 3.29. The minimum absolute atomic E-state index is 0.0149. The standard InChI is InChI=1S/C10H11F3O/c1-5(6(2)14)7-3-4-8(11)10(13)9(7)12/h3-6,14H,1-2H3. The molecule has 1 aromatic rings. The summed E-state index contributed by atoms with van der Waals surface area (Å²) in [5, 5.41) is 9.18. The summed E-state index contributed by atoms with van der Waals surface area (Å²) < 4.78 is 38.5. The third-order valence-corrected chi connectivity index (χ3v) is 2.28. The maximum absolute atomic E-state index is 13.1. The average Bonchev–Trinajstić information content (AvgIpc) is 2.13. The number of aliphatic hydroxyl groups is 1. The lowest BCUT2D eigenvalue weighted by molar-refractivity contribution is 0.166. The Balaban J connectivity index is 3.17. The largest absolute Gasteiger partial charge is 0.393 e. The third-order valence-electron chi connectivity index (χ3n) is 2.28. The monoisotopic (exact) mass is 204 g/mol. The number of benzene rings is 1. The van der Waals surface area contributed by atoms with Crippen molar-refractivity contribution in [3.63, 3.8) is 0 Å². The van der Waals surface area contributed by atoms with Crippen LogP contribution in [-0.4, -0.2) is 11.2 Å². The summed E-state index contributed by atoms with van der Waals surface area (Å²) in [5.74, 6) is -4.50. The van der Waals surface area contributed by atoms with Gasteiger partial charge in [-0.15, -0.1) is 0 Å². The zero-order valence-electron chi connectivity index (χ0n) is 7.89. The molecule has 1 rings (SSSR count). The van der Waals surface area contributed by atoms with E-state index in [0.717, 1.165) is 12.1 Å². The molecule has 0 radical (unpaired) electrons. The summed E-state index contributed by atoms with van der Waals surface area (Å²) in [5.41, 5.74) is -0.0149. The van der Waals surface area contributed by atoms with Gasteiger partial charge in [0.1, 0.15) is 0 Å². The molecule has 14 heavy (non-hydrogen) atoms. The summed E-state index contributed by atoms with van der Waals surface area (Å²) in [4.78, 5) is 0. The molecule has 0 saturated carbocycles. The van der Waals surface area contributed by atoms with Gasteiger partial charge in [0, 0.05) is 5.92 Å². The molecule has 2 atom stereocenters. The van der Waals surface area contributed by atoms with Crippen LogP contribution in [-0.2, 0) is 0 Å². The SMILES string of the molecule is CC(O)C(C)c1ccc(F)c(F)c1F. The highest BCUT2D eigenvalue weighted by atomic mass is 19.2. The molecule has 2 unspecified atom stereocenters. The fourth-order valence-corrected chi connectivity index (χ4v) is 1.15. The van der Waals surface area contributed by atoms with E-state index in [4.69, 9.17) is 0 Å². The fraction of sp³-hybridized carbons (Fsp3) is 0.400. The van der Waals surface area contributed by atoms with Crippen molar-refractivity contribution in [2.45, 2.75) is 25.9 Å². The first-order chi connectivity index (χ1) is 6.45. The van der Waals surface area contributed by atoms with Gasteiger partial charge in [0.05, 0.1) is 6.10 Å². The Kier molecular flexibility index (Phi) is 3.16. The van der Waals surface area contributed by atoms with Gasteiger partial charge in [-0.1, -0.05) is 13.0 Å². The van der Waals surface area contributed by atoms with E-state index in [1.807, 2.05) is 0 Å². The Labute approximate surface area is 80.2 Å². The van der Waals surface area contributed by atoms with Crippen LogP contribution in [0.5, 0.6) is 0 Å². The quantitative estimate of drug-likeness (QED) is 0.734. The van der Waals surface area contributed by atoms with E-state index < -0.39 is 29.5 Å². The molecular weight excluding hydrogens is 193 g/mol. The first kappa shape index (κ1) is 11.0. The molecule has 0 bridgehead atoms. The van der Waals surface area contributed by atoms with E-state index >= 15 is 0 Å². The Morgan fingerprint density at radius 3 is 2.14 bits per heavy atom. The van der Waals surface area contributed by atoms with Crippen molar-refractivity contribution in [3.8, 4) is 0 Å². The molecule has 0 fully saturated rings. The molecule has 1 N–H and O–H groups in total. The van der Waals surface area contributed by atoms with Crippen molar-refractivity contribution >= 4 is 0 Å². The number of aliphatic hydroxyl groups excluding tert-OH is 1. The summed E-state index contributed by atoms with van der Waals surface area (Å²) in [6, 6.07) is 2.00. The number of rotatable bonds is 2. The highest BCUT2D eigenvalue weighted by Crippen LogP contribution is 2.24. The van der Waals surface area contributed by atoms with Gasteiger partial charge in [-0.2, -0.15) is 0 Å². The second kappa shape index (κ2) is 4.00. The minimum atomic E-state index is -1.49. The van der Waals surface area contributed by atoms with Crippen LogP contribution >= 0.6 is 0 Å². The van der Waals surface area contributed by atoms with Gasteiger partial charge in [0.25, 0.3) is 0 Å². The van der Waals surface area contributed by atoms with Crippen molar-refractivity contribution in [3.05, 3.63) is 35.1 Å². The van der Waals surface area contributed by atoms with Crippen LogP contribution < -0.4 is 0 Å². The summed E-state index contributed by atoms with van der Waals surface area (Å²) >= 11 is 0. The van der Waals surface area contributed by atoms with Crippen LogP contribution in [0, 0.1) is 17.5 Å². The Hall–Kier alpha value is -1.03. The average molecular weight is 204 g/mol. The van der Waals surface area contributed by atoms with Gasteiger partial charge in [-0.25, -0.2) is 13.2 Å². The lowest BCUT2D eigenvalue weighted by atomic mass is 9.96.